The number of amides is 2. The first-order chi connectivity index (χ1) is 20.1. The molecule has 2 amide bonds. The Morgan fingerprint density at radius 1 is 1.05 bits per heavy atom. The summed E-state index contributed by atoms with van der Waals surface area (Å²) in [6.45, 7) is 0. The summed E-state index contributed by atoms with van der Waals surface area (Å²) in [5.74, 6) is -0.397. The van der Waals surface area contributed by atoms with Gasteiger partial charge in [-0.3, -0.25) is 14.5 Å². The number of aryl methyl sites for hydroxylation is 1. The highest BCUT2D eigenvalue weighted by molar-refractivity contribution is 7.81. The number of para-hydroxylation sites is 1. The molecule has 1 spiro atoms. The number of nitrogens with one attached hydrogen (secondary N) is 1. The Balaban J connectivity index is 1.23. The number of thiocarbonyl (C=S) groups is 1. The number of unbranched alkanes of at least 4 members (excludes halogenated alkanes) is 2. The molecule has 0 atom stereocenters. The lowest BCUT2D eigenvalue weighted by molar-refractivity contribution is -0.138. The highest BCUT2D eigenvalue weighted by Gasteiger charge is 2.59. The molecule has 11 heteroatoms. The van der Waals surface area contributed by atoms with Gasteiger partial charge in [0.25, 0.3) is 5.91 Å². The lowest BCUT2D eigenvalue weighted by Crippen LogP contribution is -2.55. The molecule has 1 aliphatic carbocycles. The number of nitriles is 1. The van der Waals surface area contributed by atoms with Gasteiger partial charge in [0, 0.05) is 17.8 Å². The number of benzene rings is 2. The Hall–Kier alpha value is -4.30. The molecule has 5 rings (SSSR count). The van der Waals surface area contributed by atoms with E-state index in [1.54, 1.807) is 4.90 Å². The Labute approximate surface area is 247 Å². The molecule has 216 valence electrons. The summed E-state index contributed by atoms with van der Waals surface area (Å²) in [5, 5.41) is 12.1. The maximum absolute atomic E-state index is 13.6. The van der Waals surface area contributed by atoms with E-state index in [4.69, 9.17) is 17.5 Å². The zero-order chi connectivity index (χ0) is 29.9. The summed E-state index contributed by atoms with van der Waals surface area (Å²) in [6.07, 6.45) is 1.97. The fraction of sp³-hybridized carbons (Fsp3) is 0.323. The Morgan fingerprint density at radius 3 is 2.38 bits per heavy atom. The van der Waals surface area contributed by atoms with Crippen molar-refractivity contribution in [2.24, 2.45) is 0 Å². The average Bonchev–Trinajstić information content (AvgIpc) is 3.19. The van der Waals surface area contributed by atoms with E-state index in [2.05, 4.69) is 10.3 Å². The van der Waals surface area contributed by atoms with Crippen LogP contribution in [0, 0.1) is 11.3 Å². The van der Waals surface area contributed by atoms with Crippen LogP contribution in [0.3, 0.4) is 0 Å². The smallest absolute Gasteiger partial charge is 0.326 e. The molecule has 1 saturated carbocycles. The van der Waals surface area contributed by atoms with Gasteiger partial charge in [-0.1, -0.05) is 36.8 Å². The number of hydrogen-bond acceptors (Lipinski definition) is 5. The number of pyridine rings is 1. The number of alkyl halides is 3. The van der Waals surface area contributed by atoms with Gasteiger partial charge in [0.1, 0.15) is 11.6 Å². The quantitative estimate of drug-likeness (QED) is 0.218. The van der Waals surface area contributed by atoms with E-state index in [0.717, 1.165) is 60.5 Å². The van der Waals surface area contributed by atoms with Gasteiger partial charge in [0.2, 0.25) is 5.91 Å². The lowest BCUT2D eigenvalue weighted by atomic mass is 9.75. The van der Waals surface area contributed by atoms with Crippen LogP contribution in [0.15, 0.2) is 66.9 Å². The molecular formula is C31H28F3N5O2S. The molecule has 1 aromatic heterocycles. The van der Waals surface area contributed by atoms with Crippen LogP contribution < -0.4 is 15.1 Å². The summed E-state index contributed by atoms with van der Waals surface area (Å²) in [7, 11) is 0. The van der Waals surface area contributed by atoms with Crippen molar-refractivity contribution in [1.29, 1.82) is 5.26 Å². The van der Waals surface area contributed by atoms with Gasteiger partial charge in [-0.05, 0) is 86.6 Å². The number of aromatic nitrogens is 1. The van der Waals surface area contributed by atoms with E-state index in [1.165, 1.54) is 6.07 Å². The molecule has 0 bridgehead atoms. The van der Waals surface area contributed by atoms with Crippen LogP contribution in [-0.4, -0.2) is 27.4 Å². The minimum absolute atomic E-state index is 0.00734. The normalized spacial score (nSPS) is 16.0. The van der Waals surface area contributed by atoms with Gasteiger partial charge in [-0.2, -0.15) is 18.4 Å². The molecule has 1 N–H and O–H groups in total. The van der Waals surface area contributed by atoms with E-state index in [1.807, 2.05) is 54.6 Å². The second kappa shape index (κ2) is 11.9. The number of carbonyl (C=O) groups is 2. The van der Waals surface area contributed by atoms with Crippen LogP contribution in [0.25, 0.3) is 0 Å². The second-order valence-corrected chi connectivity index (χ2v) is 10.8. The zero-order valence-corrected chi connectivity index (χ0v) is 23.5. The summed E-state index contributed by atoms with van der Waals surface area (Å²) >= 11 is 5.67. The van der Waals surface area contributed by atoms with Gasteiger partial charge < -0.3 is 10.2 Å². The SMILES string of the molecule is N#Cc1ncc(N2C(=O)C3(CCC3)N(c3ccc(CCCCCC(=O)Nc4ccccc4)cc3)C2=S)cc1C(F)(F)F. The number of anilines is 3. The van der Waals surface area contributed by atoms with Crippen molar-refractivity contribution in [3.8, 4) is 6.07 Å². The van der Waals surface area contributed by atoms with E-state index >= 15 is 0 Å². The molecule has 2 heterocycles. The number of carbonyl (C=O) groups excluding carboxylic acids is 2. The molecule has 7 nitrogen and oxygen atoms in total. The van der Waals surface area contributed by atoms with Crippen LogP contribution in [0.4, 0.5) is 30.2 Å². The highest BCUT2D eigenvalue weighted by Crippen LogP contribution is 2.48. The molecule has 2 aromatic carbocycles. The number of rotatable bonds is 9. The summed E-state index contributed by atoms with van der Waals surface area (Å²) in [6, 6.07) is 19.3. The fourth-order valence-corrected chi connectivity index (χ4v) is 5.91. The van der Waals surface area contributed by atoms with Crippen molar-refractivity contribution >= 4 is 46.2 Å². The fourth-order valence-electron chi connectivity index (χ4n) is 5.44. The molecule has 2 aliphatic rings. The maximum Gasteiger partial charge on any atom is 0.419 e. The van der Waals surface area contributed by atoms with Crippen LogP contribution >= 0.6 is 12.2 Å². The first-order valence-corrected chi connectivity index (χ1v) is 14.1. The van der Waals surface area contributed by atoms with E-state index in [0.29, 0.717) is 24.9 Å². The number of nitrogens with zero attached hydrogens (tertiary/aromatic N) is 4. The van der Waals surface area contributed by atoms with Crippen molar-refractivity contribution < 1.29 is 22.8 Å². The summed E-state index contributed by atoms with van der Waals surface area (Å²) < 4.78 is 40.8. The second-order valence-electron chi connectivity index (χ2n) is 10.5. The molecule has 2 fully saturated rings. The van der Waals surface area contributed by atoms with Gasteiger partial charge >= 0.3 is 6.18 Å². The van der Waals surface area contributed by atoms with E-state index in [9.17, 15) is 22.8 Å². The predicted octanol–water partition coefficient (Wildman–Crippen LogP) is 6.77. The van der Waals surface area contributed by atoms with Crippen molar-refractivity contribution in [1.82, 2.24) is 4.98 Å². The third-order valence-electron chi connectivity index (χ3n) is 7.76. The van der Waals surface area contributed by atoms with Gasteiger partial charge in [0.15, 0.2) is 10.8 Å². The van der Waals surface area contributed by atoms with Crippen molar-refractivity contribution in [3.63, 3.8) is 0 Å². The van der Waals surface area contributed by atoms with Gasteiger partial charge in [-0.15, -0.1) is 0 Å². The largest absolute Gasteiger partial charge is 0.419 e. The Morgan fingerprint density at radius 2 is 1.76 bits per heavy atom. The predicted molar refractivity (Wildman–Crippen MR) is 157 cm³/mol. The molecule has 42 heavy (non-hydrogen) atoms. The standard InChI is InChI=1S/C31H28F3N5O2S/c32-31(33,34)25-18-24(20-36-26(25)19-35)38-28(41)30(16-7-17-30)39(29(38)42)23-14-12-21(13-15-23)8-3-1-6-11-27(40)37-22-9-4-2-5-10-22/h2,4-5,9-10,12-15,18,20H,1,3,6-8,11,16-17H2,(H,37,40). The first kappa shape index (κ1) is 29.2. The van der Waals surface area contributed by atoms with Crippen molar-refractivity contribution in [3.05, 3.63) is 83.7 Å². The van der Waals surface area contributed by atoms with Crippen LogP contribution in [0.5, 0.6) is 0 Å². The topological polar surface area (TPSA) is 89.3 Å². The maximum atomic E-state index is 13.6. The van der Waals surface area contributed by atoms with Crippen LogP contribution in [-0.2, 0) is 22.2 Å². The molecule has 3 aromatic rings. The van der Waals surface area contributed by atoms with Crippen LogP contribution in [0.1, 0.15) is 61.8 Å². The summed E-state index contributed by atoms with van der Waals surface area (Å²) in [5.41, 5.74) is -0.465. The first-order valence-electron chi connectivity index (χ1n) is 13.7. The highest BCUT2D eigenvalue weighted by atomic mass is 32.1. The molecular weight excluding hydrogens is 563 g/mol. The third-order valence-corrected chi connectivity index (χ3v) is 8.12. The van der Waals surface area contributed by atoms with Gasteiger partial charge in [0.05, 0.1) is 17.4 Å². The molecule has 1 saturated heterocycles. The summed E-state index contributed by atoms with van der Waals surface area (Å²) in [4.78, 5) is 32.3. The zero-order valence-electron chi connectivity index (χ0n) is 22.7. The monoisotopic (exact) mass is 591 g/mol. The molecule has 1 aliphatic heterocycles. The molecule has 0 unspecified atom stereocenters. The minimum atomic E-state index is -4.81. The van der Waals surface area contributed by atoms with E-state index in [-0.39, 0.29) is 16.7 Å². The average molecular weight is 592 g/mol. The Bertz CT molecular complexity index is 1530. The number of hydrogen-bond donors (Lipinski definition) is 1. The van der Waals surface area contributed by atoms with Gasteiger partial charge in [-0.25, -0.2) is 4.98 Å². The number of halogens is 3. The van der Waals surface area contributed by atoms with E-state index < -0.39 is 28.9 Å². The van der Waals surface area contributed by atoms with Crippen LogP contribution in [0.2, 0.25) is 0 Å². The van der Waals surface area contributed by atoms with Crippen molar-refractivity contribution in [2.75, 3.05) is 15.1 Å². The van der Waals surface area contributed by atoms with Crippen molar-refractivity contribution in [2.45, 2.75) is 63.1 Å². The Kier molecular flexibility index (Phi) is 8.27. The lowest BCUT2D eigenvalue weighted by Gasteiger charge is -2.43. The third kappa shape index (κ3) is 5.72. The minimum Gasteiger partial charge on any atom is -0.326 e. The molecule has 0 radical (unpaired) electrons.